The van der Waals surface area contributed by atoms with Crippen LogP contribution >= 0.6 is 0 Å². The van der Waals surface area contributed by atoms with Gasteiger partial charge in [-0.2, -0.15) is 0 Å². The molecule has 0 bridgehead atoms. The van der Waals surface area contributed by atoms with Crippen molar-refractivity contribution >= 4 is 11.5 Å². The number of amidine groups is 1. The van der Waals surface area contributed by atoms with Gasteiger partial charge in [0.1, 0.15) is 17.3 Å². The number of pyridine rings is 1. The second-order valence-corrected chi connectivity index (χ2v) is 4.43. The number of hydrogen-bond donors (Lipinski definition) is 2. The molecule has 0 aromatic carbocycles. The molecule has 0 aliphatic rings. The maximum atomic E-state index is 11.8. The molecule has 0 spiro atoms. The monoisotopic (exact) mass is 284 g/mol. The fraction of sp³-hybridized carbons (Fsp3) is 0.133. The highest BCUT2D eigenvalue weighted by Gasteiger charge is 2.13. The summed E-state index contributed by atoms with van der Waals surface area (Å²) < 4.78 is 5.13. The standard InChI is InChI=1S/C15H16N4O2/c1-4-5-6-13(16)18-12-7-11(8-17-15(12)20)14-9(2)19-21-10(14)3/h4-8H,1H2,2-3H3,(H2,16,18)(H,17,20)/b6-5-. The molecule has 0 aliphatic carbocycles. The lowest BCUT2D eigenvalue weighted by Gasteiger charge is -2.01. The van der Waals surface area contributed by atoms with E-state index in [-0.39, 0.29) is 17.1 Å². The third-order valence-corrected chi connectivity index (χ3v) is 2.86. The number of aryl methyl sites for hydroxylation is 2. The lowest BCUT2D eigenvalue weighted by atomic mass is 10.1. The summed E-state index contributed by atoms with van der Waals surface area (Å²) >= 11 is 0. The smallest absolute Gasteiger partial charge is 0.273 e. The molecular weight excluding hydrogens is 268 g/mol. The molecule has 0 fully saturated rings. The third-order valence-electron chi connectivity index (χ3n) is 2.86. The molecule has 2 heterocycles. The number of nitrogens with zero attached hydrogens (tertiary/aromatic N) is 2. The maximum Gasteiger partial charge on any atom is 0.273 e. The van der Waals surface area contributed by atoms with Crippen molar-refractivity contribution in [3.8, 4) is 11.1 Å². The van der Waals surface area contributed by atoms with Crippen LogP contribution in [-0.4, -0.2) is 16.0 Å². The van der Waals surface area contributed by atoms with Crippen molar-refractivity contribution in [1.29, 1.82) is 0 Å². The van der Waals surface area contributed by atoms with Crippen molar-refractivity contribution in [2.24, 2.45) is 10.7 Å². The van der Waals surface area contributed by atoms with E-state index in [2.05, 4.69) is 21.7 Å². The Morgan fingerprint density at radius 3 is 2.90 bits per heavy atom. The molecule has 2 rings (SSSR count). The van der Waals surface area contributed by atoms with Crippen molar-refractivity contribution in [3.05, 3.63) is 58.9 Å². The van der Waals surface area contributed by atoms with Crippen LogP contribution in [0.5, 0.6) is 0 Å². The second kappa shape index (κ2) is 6.04. The zero-order valence-electron chi connectivity index (χ0n) is 11.9. The number of aliphatic imine (C=N–C) groups is 1. The average Bonchev–Trinajstić information content (AvgIpc) is 2.78. The molecule has 0 radical (unpaired) electrons. The number of aromatic amines is 1. The van der Waals surface area contributed by atoms with Gasteiger partial charge in [-0.3, -0.25) is 4.79 Å². The summed E-state index contributed by atoms with van der Waals surface area (Å²) in [6.45, 7) is 7.19. The van der Waals surface area contributed by atoms with Crippen LogP contribution in [0.4, 0.5) is 5.69 Å². The van der Waals surface area contributed by atoms with Crippen molar-refractivity contribution in [2.75, 3.05) is 0 Å². The summed E-state index contributed by atoms with van der Waals surface area (Å²) in [5, 5.41) is 3.90. The van der Waals surface area contributed by atoms with Crippen LogP contribution in [-0.2, 0) is 0 Å². The Morgan fingerprint density at radius 1 is 1.52 bits per heavy atom. The van der Waals surface area contributed by atoms with Gasteiger partial charge in [0, 0.05) is 17.3 Å². The van der Waals surface area contributed by atoms with Gasteiger partial charge in [0.25, 0.3) is 5.56 Å². The predicted octanol–water partition coefficient (Wildman–Crippen LogP) is 2.38. The molecule has 0 atom stereocenters. The minimum atomic E-state index is -0.319. The highest BCUT2D eigenvalue weighted by Crippen LogP contribution is 2.27. The van der Waals surface area contributed by atoms with Gasteiger partial charge in [-0.25, -0.2) is 4.99 Å². The van der Waals surface area contributed by atoms with Crippen LogP contribution in [0.1, 0.15) is 11.5 Å². The lowest BCUT2D eigenvalue weighted by molar-refractivity contribution is 0.393. The molecule has 21 heavy (non-hydrogen) atoms. The number of rotatable bonds is 4. The number of hydrogen-bond acceptors (Lipinski definition) is 4. The number of nitrogens with one attached hydrogen (secondary N) is 1. The Bertz CT molecular complexity index is 762. The van der Waals surface area contributed by atoms with Gasteiger partial charge >= 0.3 is 0 Å². The molecule has 0 aliphatic heterocycles. The fourth-order valence-corrected chi connectivity index (χ4v) is 1.94. The Labute approximate surface area is 121 Å². The molecule has 0 saturated carbocycles. The second-order valence-electron chi connectivity index (χ2n) is 4.43. The summed E-state index contributed by atoms with van der Waals surface area (Å²) in [5.74, 6) is 0.894. The van der Waals surface area contributed by atoms with E-state index >= 15 is 0 Å². The van der Waals surface area contributed by atoms with Crippen LogP contribution in [0.15, 0.2) is 51.4 Å². The van der Waals surface area contributed by atoms with Gasteiger partial charge < -0.3 is 15.2 Å². The highest BCUT2D eigenvalue weighted by atomic mass is 16.5. The van der Waals surface area contributed by atoms with E-state index in [1.165, 1.54) is 0 Å². The number of aromatic nitrogens is 2. The summed E-state index contributed by atoms with van der Waals surface area (Å²) in [4.78, 5) is 18.6. The van der Waals surface area contributed by atoms with Crippen LogP contribution < -0.4 is 11.3 Å². The van der Waals surface area contributed by atoms with Gasteiger partial charge in [-0.1, -0.05) is 23.9 Å². The minimum absolute atomic E-state index is 0.219. The molecule has 2 aromatic rings. The highest BCUT2D eigenvalue weighted by molar-refractivity contribution is 5.93. The van der Waals surface area contributed by atoms with Gasteiger partial charge in [0.2, 0.25) is 0 Å². The number of allylic oxidation sites excluding steroid dienone is 2. The van der Waals surface area contributed by atoms with Crippen molar-refractivity contribution < 1.29 is 4.52 Å². The molecule has 6 heteroatoms. The van der Waals surface area contributed by atoms with Crippen molar-refractivity contribution in [1.82, 2.24) is 10.1 Å². The SMILES string of the molecule is C=C/C=C\C(N)=Nc1cc(-c2c(C)noc2C)c[nH]c1=O. The molecule has 0 amide bonds. The summed E-state index contributed by atoms with van der Waals surface area (Å²) in [6.07, 6.45) is 6.39. The van der Waals surface area contributed by atoms with Gasteiger partial charge in [-0.05, 0) is 26.0 Å². The van der Waals surface area contributed by atoms with Crippen LogP contribution in [0, 0.1) is 13.8 Å². The maximum absolute atomic E-state index is 11.8. The molecule has 108 valence electrons. The van der Waals surface area contributed by atoms with Crippen molar-refractivity contribution in [3.63, 3.8) is 0 Å². The summed E-state index contributed by atoms with van der Waals surface area (Å²) in [7, 11) is 0. The minimum Gasteiger partial charge on any atom is -0.384 e. The van der Waals surface area contributed by atoms with E-state index in [0.717, 1.165) is 16.8 Å². The summed E-state index contributed by atoms with van der Waals surface area (Å²) in [6, 6.07) is 1.65. The number of nitrogens with two attached hydrogens (primary N) is 1. The van der Waals surface area contributed by atoms with E-state index in [1.807, 2.05) is 13.8 Å². The molecule has 0 saturated heterocycles. The van der Waals surface area contributed by atoms with E-state index in [9.17, 15) is 4.79 Å². The molecule has 2 aromatic heterocycles. The van der Waals surface area contributed by atoms with Crippen molar-refractivity contribution in [2.45, 2.75) is 13.8 Å². The zero-order chi connectivity index (χ0) is 15.4. The Morgan fingerprint density at radius 2 is 2.29 bits per heavy atom. The van der Waals surface area contributed by atoms with Gasteiger partial charge in [0.05, 0.1) is 5.69 Å². The molecular formula is C15H16N4O2. The Kier molecular flexibility index (Phi) is 4.18. The Balaban J connectivity index is 2.50. The molecule has 0 unspecified atom stereocenters. The van der Waals surface area contributed by atoms with E-state index in [4.69, 9.17) is 10.3 Å². The third kappa shape index (κ3) is 3.17. The lowest BCUT2D eigenvalue weighted by Crippen LogP contribution is -2.11. The summed E-state index contributed by atoms with van der Waals surface area (Å²) in [5.41, 5.74) is 7.97. The fourth-order valence-electron chi connectivity index (χ4n) is 1.94. The van der Waals surface area contributed by atoms with Crippen LogP contribution in [0.25, 0.3) is 11.1 Å². The van der Waals surface area contributed by atoms with Crippen LogP contribution in [0.3, 0.4) is 0 Å². The molecule has 6 nitrogen and oxygen atoms in total. The van der Waals surface area contributed by atoms with E-state index in [0.29, 0.717) is 5.76 Å². The quantitative estimate of drug-likeness (QED) is 0.511. The first-order valence-electron chi connectivity index (χ1n) is 6.32. The first-order chi connectivity index (χ1) is 10.0. The van der Waals surface area contributed by atoms with Crippen LogP contribution in [0.2, 0.25) is 0 Å². The van der Waals surface area contributed by atoms with E-state index < -0.39 is 0 Å². The number of H-pyrrole nitrogens is 1. The van der Waals surface area contributed by atoms with Gasteiger partial charge in [0.15, 0.2) is 0 Å². The zero-order valence-corrected chi connectivity index (χ0v) is 11.9. The largest absolute Gasteiger partial charge is 0.384 e. The first kappa shape index (κ1) is 14.5. The van der Waals surface area contributed by atoms with E-state index in [1.54, 1.807) is 30.5 Å². The normalized spacial score (nSPS) is 12.0. The topological polar surface area (TPSA) is 97.3 Å². The Hall–Kier alpha value is -2.89. The first-order valence-corrected chi connectivity index (χ1v) is 6.32. The molecule has 3 N–H and O–H groups in total. The average molecular weight is 284 g/mol. The van der Waals surface area contributed by atoms with Gasteiger partial charge in [-0.15, -0.1) is 0 Å². The predicted molar refractivity (Wildman–Crippen MR) is 82.7 cm³/mol.